The van der Waals surface area contributed by atoms with Crippen LogP contribution in [0.25, 0.3) is 21.9 Å². The summed E-state index contributed by atoms with van der Waals surface area (Å²) in [7, 11) is 0. The predicted octanol–water partition coefficient (Wildman–Crippen LogP) is 1.90. The minimum atomic E-state index is -0.145. The summed E-state index contributed by atoms with van der Waals surface area (Å²) in [6, 6.07) is 12.6. The number of rotatable bonds is 4. The molecule has 0 radical (unpaired) electrons. The highest BCUT2D eigenvalue weighted by Crippen LogP contribution is 2.14. The van der Waals surface area contributed by atoms with E-state index in [1.54, 1.807) is 18.3 Å². The van der Waals surface area contributed by atoms with Crippen molar-refractivity contribution in [2.75, 3.05) is 0 Å². The molecule has 1 aromatic carbocycles. The number of fused-ring (bicyclic) bond motifs is 2. The number of aryl methyl sites for hydroxylation is 1. The molecule has 3 aromatic heterocycles. The molecule has 0 fully saturated rings. The summed E-state index contributed by atoms with van der Waals surface area (Å²) < 4.78 is 1.85. The number of aromatic amines is 1. The van der Waals surface area contributed by atoms with E-state index in [9.17, 15) is 9.59 Å². The Bertz CT molecular complexity index is 1180. The average molecular weight is 347 g/mol. The lowest BCUT2D eigenvalue weighted by Gasteiger charge is -2.14. The van der Waals surface area contributed by atoms with Crippen molar-refractivity contribution in [3.8, 4) is 0 Å². The van der Waals surface area contributed by atoms with E-state index in [1.165, 1.54) is 0 Å². The van der Waals surface area contributed by atoms with Gasteiger partial charge in [-0.25, -0.2) is 4.98 Å². The highest BCUT2D eigenvalue weighted by atomic mass is 16.2. The van der Waals surface area contributed by atoms with Crippen molar-refractivity contribution in [3.63, 3.8) is 0 Å². The average Bonchev–Trinajstić information content (AvgIpc) is 3.07. The van der Waals surface area contributed by atoms with E-state index in [0.29, 0.717) is 17.6 Å². The maximum atomic E-state index is 12.5. The number of pyridine rings is 2. The van der Waals surface area contributed by atoms with Crippen molar-refractivity contribution in [3.05, 3.63) is 70.3 Å². The molecule has 2 N–H and O–H groups in total. The monoisotopic (exact) mass is 347 g/mol. The molecule has 0 unspecified atom stereocenters. The first-order valence-electron chi connectivity index (χ1n) is 8.27. The van der Waals surface area contributed by atoms with Crippen molar-refractivity contribution in [2.24, 2.45) is 0 Å². The molecule has 130 valence electrons. The normalized spacial score (nSPS) is 11.1. The third-order valence-corrected chi connectivity index (χ3v) is 4.40. The van der Waals surface area contributed by atoms with Gasteiger partial charge >= 0.3 is 0 Å². The minimum Gasteiger partial charge on any atom is -0.349 e. The summed E-state index contributed by atoms with van der Waals surface area (Å²) in [6.45, 7) is 2.30. The summed E-state index contributed by atoms with van der Waals surface area (Å²) >= 11 is 0. The van der Waals surface area contributed by atoms with Gasteiger partial charge in [-0.05, 0) is 31.2 Å². The van der Waals surface area contributed by atoms with Crippen LogP contribution in [0.5, 0.6) is 0 Å². The Morgan fingerprint density at radius 1 is 1.19 bits per heavy atom. The fourth-order valence-corrected chi connectivity index (χ4v) is 3.09. The number of hydrogen-bond donors (Lipinski definition) is 2. The molecule has 0 spiro atoms. The second kappa shape index (κ2) is 6.44. The lowest BCUT2D eigenvalue weighted by Crippen LogP contribution is -2.28. The van der Waals surface area contributed by atoms with E-state index in [-0.39, 0.29) is 17.9 Å². The third kappa shape index (κ3) is 2.83. The van der Waals surface area contributed by atoms with E-state index < -0.39 is 0 Å². The first-order chi connectivity index (χ1) is 12.6. The highest BCUT2D eigenvalue weighted by molar-refractivity contribution is 5.83. The largest absolute Gasteiger partial charge is 0.349 e. The Balaban J connectivity index is 1.56. The Kier molecular flexibility index (Phi) is 3.96. The van der Waals surface area contributed by atoms with Crippen LogP contribution in [-0.2, 0) is 17.9 Å². The summed E-state index contributed by atoms with van der Waals surface area (Å²) in [5.74, 6) is -0.145. The standard InChI is InChI=1S/C19H17N5O2/c1-12-9-17(25)14-5-2-3-7-16(14)24(12)11-18(26)21-10-15-13-6-4-8-20-19(13)23-22-15/h2-9H,10-11H2,1H3,(H,21,26)(H,20,22,23). The number of H-pyrrole nitrogens is 1. The van der Waals surface area contributed by atoms with Gasteiger partial charge < -0.3 is 9.88 Å². The fraction of sp³-hybridized carbons (Fsp3) is 0.158. The van der Waals surface area contributed by atoms with E-state index in [0.717, 1.165) is 22.3 Å². The Hall–Kier alpha value is -3.48. The molecule has 0 aliphatic carbocycles. The predicted molar refractivity (Wildman–Crippen MR) is 98.7 cm³/mol. The number of para-hydroxylation sites is 1. The molecule has 4 aromatic rings. The number of hydrogen-bond acceptors (Lipinski definition) is 4. The molecule has 26 heavy (non-hydrogen) atoms. The SMILES string of the molecule is Cc1cc(=O)c2ccccc2n1CC(=O)NCc1[nH]nc2ncccc12. The molecule has 4 rings (SSSR count). The van der Waals surface area contributed by atoms with E-state index >= 15 is 0 Å². The fourth-order valence-electron chi connectivity index (χ4n) is 3.09. The summed E-state index contributed by atoms with van der Waals surface area (Å²) in [5.41, 5.74) is 2.90. The second-order valence-electron chi connectivity index (χ2n) is 6.11. The molecular weight excluding hydrogens is 330 g/mol. The van der Waals surface area contributed by atoms with E-state index in [2.05, 4.69) is 20.5 Å². The zero-order chi connectivity index (χ0) is 18.1. The van der Waals surface area contributed by atoms with Crippen LogP contribution in [0, 0.1) is 6.92 Å². The summed E-state index contributed by atoms with van der Waals surface area (Å²) in [6.07, 6.45) is 1.68. The second-order valence-corrected chi connectivity index (χ2v) is 6.11. The van der Waals surface area contributed by atoms with Gasteiger partial charge in [0, 0.05) is 28.7 Å². The number of nitrogens with one attached hydrogen (secondary N) is 2. The maximum Gasteiger partial charge on any atom is 0.240 e. The minimum absolute atomic E-state index is 0.0359. The van der Waals surface area contributed by atoms with Crippen LogP contribution in [0.3, 0.4) is 0 Å². The number of carbonyl (C=O) groups is 1. The number of carbonyl (C=O) groups excluding carboxylic acids is 1. The van der Waals surface area contributed by atoms with Gasteiger partial charge in [-0.1, -0.05) is 12.1 Å². The molecule has 0 saturated carbocycles. The molecule has 1 amide bonds. The zero-order valence-electron chi connectivity index (χ0n) is 14.2. The molecule has 7 heteroatoms. The van der Waals surface area contributed by atoms with Crippen molar-refractivity contribution >= 4 is 27.8 Å². The smallest absolute Gasteiger partial charge is 0.240 e. The first kappa shape index (κ1) is 16.0. The van der Waals surface area contributed by atoms with Crippen LogP contribution in [0.2, 0.25) is 0 Å². The Morgan fingerprint density at radius 2 is 2.00 bits per heavy atom. The van der Waals surface area contributed by atoms with Gasteiger partial charge in [0.1, 0.15) is 6.54 Å². The van der Waals surface area contributed by atoms with Crippen molar-refractivity contribution in [2.45, 2.75) is 20.0 Å². The first-order valence-corrected chi connectivity index (χ1v) is 8.27. The highest BCUT2D eigenvalue weighted by Gasteiger charge is 2.11. The lowest BCUT2D eigenvalue weighted by atomic mass is 10.2. The van der Waals surface area contributed by atoms with Gasteiger partial charge in [0.25, 0.3) is 0 Å². The molecule has 0 bridgehead atoms. The van der Waals surface area contributed by atoms with Crippen molar-refractivity contribution in [1.82, 2.24) is 25.1 Å². The van der Waals surface area contributed by atoms with Gasteiger partial charge in [-0.2, -0.15) is 5.10 Å². The summed E-state index contributed by atoms with van der Waals surface area (Å²) in [4.78, 5) is 28.7. The van der Waals surface area contributed by atoms with E-state index in [1.807, 2.05) is 41.8 Å². The summed E-state index contributed by atoms with van der Waals surface area (Å²) in [5, 5.41) is 11.4. The number of aromatic nitrogens is 4. The maximum absolute atomic E-state index is 12.5. The topological polar surface area (TPSA) is 92.7 Å². The van der Waals surface area contributed by atoms with Crippen LogP contribution >= 0.6 is 0 Å². The van der Waals surface area contributed by atoms with Crippen molar-refractivity contribution < 1.29 is 4.79 Å². The number of amides is 1. The van der Waals surface area contributed by atoms with Crippen LogP contribution < -0.4 is 10.7 Å². The van der Waals surface area contributed by atoms with Gasteiger partial charge in [-0.3, -0.25) is 14.7 Å². The quantitative estimate of drug-likeness (QED) is 0.590. The molecular formula is C19H17N5O2. The van der Waals surface area contributed by atoms with Gasteiger partial charge in [-0.15, -0.1) is 0 Å². The van der Waals surface area contributed by atoms with Crippen LogP contribution in [0.15, 0.2) is 53.5 Å². The number of benzene rings is 1. The molecule has 0 saturated heterocycles. The lowest BCUT2D eigenvalue weighted by molar-refractivity contribution is -0.121. The molecule has 7 nitrogen and oxygen atoms in total. The molecule has 0 aliphatic rings. The van der Waals surface area contributed by atoms with Crippen LogP contribution in [0.4, 0.5) is 0 Å². The van der Waals surface area contributed by atoms with Gasteiger partial charge in [0.15, 0.2) is 11.1 Å². The van der Waals surface area contributed by atoms with E-state index in [4.69, 9.17) is 0 Å². The van der Waals surface area contributed by atoms with Crippen LogP contribution in [0.1, 0.15) is 11.4 Å². The third-order valence-electron chi connectivity index (χ3n) is 4.40. The van der Waals surface area contributed by atoms with Crippen LogP contribution in [-0.4, -0.2) is 25.7 Å². The Morgan fingerprint density at radius 3 is 2.88 bits per heavy atom. The van der Waals surface area contributed by atoms with Gasteiger partial charge in [0.05, 0.1) is 17.8 Å². The zero-order valence-corrected chi connectivity index (χ0v) is 14.2. The molecule has 0 aliphatic heterocycles. The van der Waals surface area contributed by atoms with Crippen molar-refractivity contribution in [1.29, 1.82) is 0 Å². The molecule has 0 atom stereocenters. The Labute approximate surface area is 148 Å². The molecule has 3 heterocycles. The van der Waals surface area contributed by atoms with Gasteiger partial charge in [0.2, 0.25) is 5.91 Å². The number of nitrogens with zero attached hydrogens (tertiary/aromatic N) is 3.